The van der Waals surface area contributed by atoms with Crippen LogP contribution < -0.4 is 0 Å². The summed E-state index contributed by atoms with van der Waals surface area (Å²) < 4.78 is 0. The zero-order valence-electron chi connectivity index (χ0n) is 23.5. The van der Waals surface area contributed by atoms with Crippen LogP contribution >= 0.6 is 0 Å². The van der Waals surface area contributed by atoms with Crippen molar-refractivity contribution >= 4 is 44.7 Å². The molecule has 0 aromatic heterocycles. The molecule has 0 amide bonds. The van der Waals surface area contributed by atoms with Crippen LogP contribution in [0, 0.1) is 5.41 Å². The maximum atomic E-state index is 13.2. The van der Waals surface area contributed by atoms with Crippen LogP contribution in [0.3, 0.4) is 0 Å². The van der Waals surface area contributed by atoms with Gasteiger partial charge in [-0.15, -0.1) is 0 Å². The van der Waals surface area contributed by atoms with E-state index in [0.717, 1.165) is 45.5 Å². The number of Topliss-reactive ketones (excluding diaryl/α,β-unsaturated/α-hetero) is 4. The molecule has 0 saturated carbocycles. The second kappa shape index (κ2) is 9.56. The summed E-state index contributed by atoms with van der Waals surface area (Å²) in [6, 6.07) is 22.7. The van der Waals surface area contributed by atoms with Gasteiger partial charge in [-0.25, -0.2) is 0 Å². The Bertz CT molecular complexity index is 1930. The first kappa shape index (κ1) is 26.0. The molecule has 0 atom stereocenters. The topological polar surface area (TPSA) is 68.3 Å². The standard InChI is InChI=1S/C38H28O4/c1-38(2)20-22(11-13-28-34(39)30-16-24-7-3-4-8-25(24)17-31(30)35(28)40)15-23(21-38)12-14-29-36(41)32-18-26-9-5-6-10-27(26)19-33(32)37(29)42/h3-11,13-19H,12,20-21H2,1-2H3. The van der Waals surface area contributed by atoms with Crippen LogP contribution in [0.15, 0.2) is 119 Å². The van der Waals surface area contributed by atoms with Gasteiger partial charge in [0.1, 0.15) is 0 Å². The Morgan fingerprint density at radius 3 is 1.48 bits per heavy atom. The van der Waals surface area contributed by atoms with Gasteiger partial charge in [0.2, 0.25) is 0 Å². The molecule has 7 rings (SSSR count). The first-order chi connectivity index (χ1) is 20.2. The van der Waals surface area contributed by atoms with Gasteiger partial charge in [0.05, 0.1) is 11.1 Å². The minimum Gasteiger partial charge on any atom is -0.288 e. The average molecular weight is 549 g/mol. The van der Waals surface area contributed by atoms with Gasteiger partial charge in [-0.2, -0.15) is 0 Å². The zero-order valence-corrected chi connectivity index (χ0v) is 23.5. The highest BCUT2D eigenvalue weighted by Crippen LogP contribution is 2.40. The lowest BCUT2D eigenvalue weighted by molar-refractivity contribution is 0.0973. The molecule has 4 heteroatoms. The van der Waals surface area contributed by atoms with Gasteiger partial charge < -0.3 is 0 Å². The van der Waals surface area contributed by atoms with Crippen molar-refractivity contribution in [3.8, 4) is 0 Å². The molecule has 0 saturated heterocycles. The van der Waals surface area contributed by atoms with Crippen molar-refractivity contribution in [3.05, 3.63) is 142 Å². The summed E-state index contributed by atoms with van der Waals surface area (Å²) in [7, 11) is 0. The summed E-state index contributed by atoms with van der Waals surface area (Å²) in [5, 5.41) is 3.75. The maximum absolute atomic E-state index is 13.2. The summed E-state index contributed by atoms with van der Waals surface area (Å²) in [6.07, 6.45) is 9.46. The maximum Gasteiger partial charge on any atom is 0.197 e. The molecule has 0 N–H and O–H groups in total. The molecule has 0 radical (unpaired) electrons. The molecule has 0 bridgehead atoms. The van der Waals surface area contributed by atoms with E-state index >= 15 is 0 Å². The molecule has 0 fully saturated rings. The second-order valence-electron chi connectivity index (χ2n) is 12.3. The summed E-state index contributed by atoms with van der Waals surface area (Å²) in [6.45, 7) is 4.35. The van der Waals surface area contributed by atoms with Gasteiger partial charge in [0, 0.05) is 22.3 Å². The van der Waals surface area contributed by atoms with E-state index in [1.807, 2.05) is 66.7 Å². The summed E-state index contributed by atoms with van der Waals surface area (Å²) in [5.41, 5.74) is 4.30. The van der Waals surface area contributed by atoms with Crippen LogP contribution in [-0.4, -0.2) is 23.1 Å². The van der Waals surface area contributed by atoms with Crippen molar-refractivity contribution in [1.29, 1.82) is 0 Å². The van der Waals surface area contributed by atoms with Crippen LogP contribution in [0.5, 0.6) is 0 Å². The summed E-state index contributed by atoms with van der Waals surface area (Å²) in [4.78, 5) is 52.8. The highest BCUT2D eigenvalue weighted by Gasteiger charge is 2.35. The third-order valence-electron chi connectivity index (χ3n) is 8.54. The Morgan fingerprint density at radius 1 is 0.595 bits per heavy atom. The fraction of sp³-hybridized carbons (Fsp3) is 0.158. The number of rotatable bonds is 3. The Kier molecular flexibility index (Phi) is 5.91. The molecule has 42 heavy (non-hydrogen) atoms. The number of hydrogen-bond acceptors (Lipinski definition) is 4. The number of benzene rings is 4. The molecular weight excluding hydrogens is 520 g/mol. The molecule has 0 unspecified atom stereocenters. The van der Waals surface area contributed by atoms with Crippen molar-refractivity contribution in [1.82, 2.24) is 0 Å². The van der Waals surface area contributed by atoms with Gasteiger partial charge >= 0.3 is 0 Å². The van der Waals surface area contributed by atoms with Crippen molar-refractivity contribution in [2.24, 2.45) is 5.41 Å². The fourth-order valence-electron chi connectivity index (χ4n) is 6.61. The SMILES string of the molecule is CC1(C)CC(=CC=C2C(=O)c3cc4ccccc4cc3C2=O)C=C(CC=C2C(=O)c3cc4ccccc4cc3C2=O)C1. The van der Waals surface area contributed by atoms with E-state index < -0.39 is 0 Å². The van der Waals surface area contributed by atoms with E-state index in [2.05, 4.69) is 19.9 Å². The highest BCUT2D eigenvalue weighted by atomic mass is 16.2. The summed E-state index contributed by atoms with van der Waals surface area (Å²) >= 11 is 0. The van der Waals surface area contributed by atoms with E-state index in [1.165, 1.54) is 0 Å². The Labute approximate surface area is 243 Å². The lowest BCUT2D eigenvalue weighted by Gasteiger charge is -2.31. The molecule has 0 spiro atoms. The molecule has 0 aliphatic heterocycles. The van der Waals surface area contributed by atoms with E-state index in [9.17, 15) is 19.2 Å². The Hall–Kier alpha value is -4.96. The largest absolute Gasteiger partial charge is 0.288 e. The quantitative estimate of drug-likeness (QED) is 0.191. The smallest absolute Gasteiger partial charge is 0.197 e. The molecule has 3 aliphatic rings. The predicted octanol–water partition coefficient (Wildman–Crippen LogP) is 8.37. The average Bonchev–Trinajstić information content (AvgIpc) is 3.34. The molecule has 204 valence electrons. The van der Waals surface area contributed by atoms with Gasteiger partial charge in [0.25, 0.3) is 0 Å². The number of carbonyl (C=O) groups is 4. The fourth-order valence-corrected chi connectivity index (χ4v) is 6.61. The van der Waals surface area contributed by atoms with Crippen LogP contribution in [0.4, 0.5) is 0 Å². The zero-order chi connectivity index (χ0) is 29.2. The monoisotopic (exact) mass is 548 g/mol. The Balaban J connectivity index is 1.17. The van der Waals surface area contributed by atoms with Crippen LogP contribution in [0.1, 0.15) is 74.5 Å². The van der Waals surface area contributed by atoms with Gasteiger partial charge in [0.15, 0.2) is 23.1 Å². The first-order valence-electron chi connectivity index (χ1n) is 14.2. The normalized spacial score (nSPS) is 18.6. The molecular formula is C38H28O4. The number of fused-ring (bicyclic) bond motifs is 4. The lowest BCUT2D eigenvalue weighted by Crippen LogP contribution is -2.17. The van der Waals surface area contributed by atoms with Crippen molar-refractivity contribution in [3.63, 3.8) is 0 Å². The third-order valence-corrected chi connectivity index (χ3v) is 8.54. The summed E-state index contributed by atoms with van der Waals surface area (Å²) in [5.74, 6) is -0.927. The minimum absolute atomic E-state index is 0.0539. The molecule has 0 heterocycles. The number of carbonyl (C=O) groups excluding carboxylic acids is 4. The predicted molar refractivity (Wildman–Crippen MR) is 165 cm³/mol. The number of allylic oxidation sites excluding steroid dienone is 8. The van der Waals surface area contributed by atoms with Crippen molar-refractivity contribution in [2.45, 2.75) is 33.1 Å². The molecule has 4 aromatic carbocycles. The highest BCUT2D eigenvalue weighted by molar-refractivity contribution is 6.41. The van der Waals surface area contributed by atoms with Gasteiger partial charge in [-0.05, 0) is 82.1 Å². The van der Waals surface area contributed by atoms with Crippen molar-refractivity contribution in [2.75, 3.05) is 0 Å². The lowest BCUT2D eigenvalue weighted by atomic mass is 9.74. The van der Waals surface area contributed by atoms with E-state index in [0.29, 0.717) is 28.7 Å². The number of hydrogen-bond donors (Lipinski definition) is 0. The molecule has 3 aliphatic carbocycles. The minimum atomic E-state index is -0.243. The first-order valence-corrected chi connectivity index (χ1v) is 14.2. The molecule has 4 aromatic rings. The van der Waals surface area contributed by atoms with E-state index in [1.54, 1.807) is 24.3 Å². The second-order valence-corrected chi connectivity index (χ2v) is 12.3. The third kappa shape index (κ3) is 4.31. The van der Waals surface area contributed by atoms with Gasteiger partial charge in [-0.1, -0.05) is 86.2 Å². The van der Waals surface area contributed by atoms with E-state index in [-0.39, 0.29) is 39.7 Å². The van der Waals surface area contributed by atoms with Crippen LogP contribution in [-0.2, 0) is 0 Å². The van der Waals surface area contributed by atoms with Crippen LogP contribution in [0.2, 0.25) is 0 Å². The van der Waals surface area contributed by atoms with Crippen molar-refractivity contribution < 1.29 is 19.2 Å². The van der Waals surface area contributed by atoms with E-state index in [4.69, 9.17) is 0 Å². The Morgan fingerprint density at radius 2 is 1.02 bits per heavy atom. The number of ketones is 4. The van der Waals surface area contributed by atoms with Gasteiger partial charge in [-0.3, -0.25) is 19.2 Å². The molecule has 4 nitrogen and oxygen atoms in total. The van der Waals surface area contributed by atoms with Crippen LogP contribution in [0.25, 0.3) is 21.5 Å².